The van der Waals surface area contributed by atoms with Gasteiger partial charge in [0, 0.05) is 5.69 Å². The van der Waals surface area contributed by atoms with Crippen LogP contribution in [-0.2, 0) is 0 Å². The lowest BCUT2D eigenvalue weighted by atomic mass is 10.1. The summed E-state index contributed by atoms with van der Waals surface area (Å²) in [7, 11) is 0. The number of carbonyl (C=O) groups is 1. The molecule has 0 unspecified atom stereocenters. The van der Waals surface area contributed by atoms with Gasteiger partial charge in [0.05, 0.1) is 11.3 Å². The van der Waals surface area contributed by atoms with Gasteiger partial charge in [0.15, 0.2) is 0 Å². The van der Waals surface area contributed by atoms with Crippen molar-refractivity contribution in [3.8, 4) is 0 Å². The van der Waals surface area contributed by atoms with Crippen LogP contribution in [0.3, 0.4) is 0 Å². The summed E-state index contributed by atoms with van der Waals surface area (Å²) in [5.74, 6) is -0.181. The maximum Gasteiger partial charge on any atom is 0.257 e. The van der Waals surface area contributed by atoms with Gasteiger partial charge in [0.1, 0.15) is 0 Å². The van der Waals surface area contributed by atoms with Crippen LogP contribution in [0.25, 0.3) is 0 Å². The predicted octanol–water partition coefficient (Wildman–Crippen LogP) is 3.27. The average molecular weight is 224 g/mol. The summed E-state index contributed by atoms with van der Waals surface area (Å²) in [5, 5.41) is 2.81. The van der Waals surface area contributed by atoms with E-state index in [0.717, 1.165) is 5.69 Å². The minimum absolute atomic E-state index is 0.181. The Hall–Kier alpha value is -2.42. The number of benzene rings is 2. The normalized spacial score (nSPS) is 9.65. The standard InChI is InChI=1S/C14H12N2O/c1-15-13-10-6-5-9-12(13)14(17)16-11-7-3-2-4-8-11/h2-10H,1H2,(H,16,17). The molecule has 0 atom stereocenters. The first-order valence-electron chi connectivity index (χ1n) is 5.23. The van der Waals surface area contributed by atoms with Crippen LogP contribution in [-0.4, -0.2) is 12.6 Å². The zero-order valence-electron chi connectivity index (χ0n) is 9.26. The highest BCUT2D eigenvalue weighted by Gasteiger charge is 2.09. The second-order valence-electron chi connectivity index (χ2n) is 3.50. The first kappa shape index (κ1) is 11.1. The largest absolute Gasteiger partial charge is 0.322 e. The Bertz CT molecular complexity index is 535. The van der Waals surface area contributed by atoms with Crippen LogP contribution in [0.15, 0.2) is 59.6 Å². The summed E-state index contributed by atoms with van der Waals surface area (Å²) in [5.41, 5.74) is 1.86. The second kappa shape index (κ2) is 5.07. The number of nitrogens with zero attached hydrogens (tertiary/aromatic N) is 1. The van der Waals surface area contributed by atoms with E-state index in [0.29, 0.717) is 11.3 Å². The molecule has 2 aromatic carbocycles. The molecule has 0 aliphatic heterocycles. The molecule has 2 rings (SSSR count). The Morgan fingerprint density at radius 3 is 2.35 bits per heavy atom. The maximum atomic E-state index is 12.0. The Morgan fingerprint density at radius 2 is 1.65 bits per heavy atom. The smallest absolute Gasteiger partial charge is 0.257 e. The Balaban J connectivity index is 2.23. The fourth-order valence-corrected chi connectivity index (χ4v) is 1.52. The molecule has 0 aliphatic carbocycles. The molecule has 2 aromatic rings. The fourth-order valence-electron chi connectivity index (χ4n) is 1.52. The van der Waals surface area contributed by atoms with E-state index in [2.05, 4.69) is 17.0 Å². The molecule has 0 heterocycles. The van der Waals surface area contributed by atoms with Crippen molar-refractivity contribution < 1.29 is 4.79 Å². The molecule has 1 amide bonds. The zero-order valence-corrected chi connectivity index (χ0v) is 9.26. The summed E-state index contributed by atoms with van der Waals surface area (Å²) < 4.78 is 0. The van der Waals surface area contributed by atoms with Gasteiger partial charge in [-0.2, -0.15) is 0 Å². The van der Waals surface area contributed by atoms with Crippen molar-refractivity contribution in [2.45, 2.75) is 0 Å². The molecule has 0 saturated carbocycles. The van der Waals surface area contributed by atoms with Gasteiger partial charge < -0.3 is 5.32 Å². The number of carbonyl (C=O) groups excluding carboxylic acids is 1. The predicted molar refractivity (Wildman–Crippen MR) is 70.0 cm³/mol. The number of hydrogen-bond donors (Lipinski definition) is 1. The van der Waals surface area contributed by atoms with E-state index in [4.69, 9.17) is 0 Å². The number of nitrogens with one attached hydrogen (secondary N) is 1. The van der Waals surface area contributed by atoms with Gasteiger partial charge in [-0.15, -0.1) is 0 Å². The van der Waals surface area contributed by atoms with Crippen LogP contribution < -0.4 is 5.32 Å². The molecule has 84 valence electrons. The van der Waals surface area contributed by atoms with E-state index in [1.165, 1.54) is 0 Å². The molecular formula is C14H12N2O. The molecule has 3 heteroatoms. The van der Waals surface area contributed by atoms with Gasteiger partial charge in [0.2, 0.25) is 0 Å². The van der Waals surface area contributed by atoms with Crippen LogP contribution in [0.4, 0.5) is 11.4 Å². The quantitative estimate of drug-likeness (QED) is 0.799. The van der Waals surface area contributed by atoms with Crippen LogP contribution in [0.2, 0.25) is 0 Å². The van der Waals surface area contributed by atoms with E-state index in [1.54, 1.807) is 18.2 Å². The van der Waals surface area contributed by atoms with Crippen molar-refractivity contribution in [2.75, 3.05) is 5.32 Å². The highest BCUT2D eigenvalue weighted by Crippen LogP contribution is 2.19. The lowest BCUT2D eigenvalue weighted by Gasteiger charge is -2.06. The maximum absolute atomic E-state index is 12.0. The Labute approximate surface area is 99.8 Å². The van der Waals surface area contributed by atoms with Gasteiger partial charge in [0.25, 0.3) is 5.91 Å². The summed E-state index contributed by atoms with van der Waals surface area (Å²) in [4.78, 5) is 15.8. The third-order valence-corrected chi connectivity index (χ3v) is 2.35. The SMILES string of the molecule is C=Nc1ccccc1C(=O)Nc1ccccc1. The molecule has 1 N–H and O–H groups in total. The lowest BCUT2D eigenvalue weighted by Crippen LogP contribution is -2.11. The van der Waals surface area contributed by atoms with E-state index in [9.17, 15) is 4.79 Å². The first-order chi connectivity index (χ1) is 8.31. The van der Waals surface area contributed by atoms with Crippen molar-refractivity contribution in [1.29, 1.82) is 0 Å². The van der Waals surface area contributed by atoms with E-state index >= 15 is 0 Å². The lowest BCUT2D eigenvalue weighted by molar-refractivity contribution is 0.102. The van der Waals surface area contributed by atoms with Crippen LogP contribution >= 0.6 is 0 Å². The monoisotopic (exact) mass is 224 g/mol. The molecule has 0 saturated heterocycles. The third-order valence-electron chi connectivity index (χ3n) is 2.35. The van der Waals surface area contributed by atoms with E-state index in [1.807, 2.05) is 36.4 Å². The van der Waals surface area contributed by atoms with Crippen molar-refractivity contribution in [1.82, 2.24) is 0 Å². The van der Waals surface area contributed by atoms with E-state index in [-0.39, 0.29) is 5.91 Å². The van der Waals surface area contributed by atoms with Crippen LogP contribution in [0, 0.1) is 0 Å². The van der Waals surface area contributed by atoms with Gasteiger partial charge in [-0.3, -0.25) is 9.79 Å². The van der Waals surface area contributed by atoms with Gasteiger partial charge in [-0.25, -0.2) is 0 Å². The molecule has 0 bridgehead atoms. The minimum atomic E-state index is -0.181. The number of anilines is 1. The van der Waals surface area contributed by atoms with Crippen molar-refractivity contribution in [2.24, 2.45) is 4.99 Å². The summed E-state index contributed by atoms with van der Waals surface area (Å²) in [6.07, 6.45) is 0. The Kier molecular flexibility index (Phi) is 3.31. The number of para-hydroxylation sites is 2. The highest BCUT2D eigenvalue weighted by molar-refractivity contribution is 6.07. The average Bonchev–Trinajstić information content (AvgIpc) is 2.40. The van der Waals surface area contributed by atoms with Crippen molar-refractivity contribution in [3.05, 3.63) is 60.2 Å². The van der Waals surface area contributed by atoms with Crippen molar-refractivity contribution >= 4 is 24.0 Å². The number of hydrogen-bond acceptors (Lipinski definition) is 2. The van der Waals surface area contributed by atoms with Crippen LogP contribution in [0.5, 0.6) is 0 Å². The molecule has 0 aliphatic rings. The number of aliphatic imine (C=N–C) groups is 1. The molecule has 0 aromatic heterocycles. The van der Waals surface area contributed by atoms with Gasteiger partial charge in [-0.1, -0.05) is 30.3 Å². The number of rotatable bonds is 3. The Morgan fingerprint density at radius 1 is 1.00 bits per heavy atom. The van der Waals surface area contributed by atoms with Crippen LogP contribution in [0.1, 0.15) is 10.4 Å². The van der Waals surface area contributed by atoms with Gasteiger partial charge >= 0.3 is 0 Å². The molecular weight excluding hydrogens is 212 g/mol. The highest BCUT2D eigenvalue weighted by atomic mass is 16.1. The summed E-state index contributed by atoms with van der Waals surface area (Å²) in [6, 6.07) is 16.4. The minimum Gasteiger partial charge on any atom is -0.322 e. The summed E-state index contributed by atoms with van der Waals surface area (Å²) in [6.45, 7) is 3.45. The summed E-state index contributed by atoms with van der Waals surface area (Å²) >= 11 is 0. The molecule has 0 fully saturated rings. The van der Waals surface area contributed by atoms with Gasteiger partial charge in [-0.05, 0) is 31.0 Å². The molecule has 0 radical (unpaired) electrons. The third kappa shape index (κ3) is 2.58. The van der Waals surface area contributed by atoms with E-state index < -0.39 is 0 Å². The molecule has 17 heavy (non-hydrogen) atoms. The fraction of sp³-hybridized carbons (Fsp3) is 0. The zero-order chi connectivity index (χ0) is 12.1. The second-order valence-corrected chi connectivity index (χ2v) is 3.50. The molecule has 0 spiro atoms. The first-order valence-corrected chi connectivity index (χ1v) is 5.23. The van der Waals surface area contributed by atoms with Crippen molar-refractivity contribution in [3.63, 3.8) is 0 Å². The number of amides is 1. The topological polar surface area (TPSA) is 41.5 Å². The molecule has 3 nitrogen and oxygen atoms in total.